The SMILES string of the molecule is CCc1c(C)sc2nc(SCC(=O)Nc3cc(C)on3)n(CC3CCCO3)c(=O)c12. The summed E-state index contributed by atoms with van der Waals surface area (Å²) < 4.78 is 12.4. The topological polar surface area (TPSA) is 99.3 Å². The van der Waals surface area contributed by atoms with E-state index in [0.29, 0.717) is 28.7 Å². The predicted molar refractivity (Wildman–Crippen MR) is 118 cm³/mol. The summed E-state index contributed by atoms with van der Waals surface area (Å²) in [6.45, 7) is 7.00. The summed E-state index contributed by atoms with van der Waals surface area (Å²) in [5, 5.41) is 7.71. The molecule has 0 spiro atoms. The number of amides is 1. The van der Waals surface area contributed by atoms with Crippen LogP contribution in [0.3, 0.4) is 0 Å². The van der Waals surface area contributed by atoms with Gasteiger partial charge >= 0.3 is 0 Å². The van der Waals surface area contributed by atoms with Crippen molar-refractivity contribution in [1.82, 2.24) is 14.7 Å². The molecule has 1 unspecified atom stereocenters. The fraction of sp³-hybridized carbons (Fsp3) is 0.500. The monoisotopic (exact) mass is 448 g/mol. The number of aromatic nitrogens is 3. The van der Waals surface area contributed by atoms with E-state index in [0.717, 1.165) is 41.1 Å². The molecule has 0 radical (unpaired) electrons. The number of hydrogen-bond donors (Lipinski definition) is 1. The molecule has 0 saturated carbocycles. The van der Waals surface area contributed by atoms with Crippen LogP contribution in [0, 0.1) is 13.8 Å². The van der Waals surface area contributed by atoms with Crippen molar-refractivity contribution in [3.05, 3.63) is 32.6 Å². The lowest BCUT2D eigenvalue weighted by Crippen LogP contribution is -2.29. The van der Waals surface area contributed by atoms with E-state index in [1.165, 1.54) is 23.1 Å². The van der Waals surface area contributed by atoms with Gasteiger partial charge in [-0.3, -0.25) is 14.2 Å². The maximum Gasteiger partial charge on any atom is 0.263 e. The van der Waals surface area contributed by atoms with Gasteiger partial charge in [0.2, 0.25) is 5.91 Å². The number of carbonyl (C=O) groups is 1. The van der Waals surface area contributed by atoms with Gasteiger partial charge < -0.3 is 14.6 Å². The van der Waals surface area contributed by atoms with Gasteiger partial charge in [0, 0.05) is 17.6 Å². The molecule has 8 nitrogen and oxygen atoms in total. The summed E-state index contributed by atoms with van der Waals surface area (Å²) in [6, 6.07) is 1.65. The highest BCUT2D eigenvalue weighted by Crippen LogP contribution is 2.30. The maximum absolute atomic E-state index is 13.4. The Hall–Kier alpha value is -2.17. The molecule has 3 aromatic rings. The van der Waals surface area contributed by atoms with E-state index < -0.39 is 0 Å². The number of thiophene rings is 1. The van der Waals surface area contributed by atoms with E-state index in [1.807, 2.05) is 6.92 Å². The number of ether oxygens (including phenoxy) is 1. The van der Waals surface area contributed by atoms with E-state index in [-0.39, 0.29) is 23.3 Å². The van der Waals surface area contributed by atoms with Gasteiger partial charge in [-0.1, -0.05) is 23.8 Å². The molecule has 30 heavy (non-hydrogen) atoms. The minimum atomic E-state index is -0.233. The molecule has 1 N–H and O–H groups in total. The minimum absolute atomic E-state index is 0.00181. The first kappa shape index (κ1) is 21.1. The zero-order chi connectivity index (χ0) is 21.3. The van der Waals surface area contributed by atoms with Gasteiger partial charge in [0.05, 0.1) is 23.8 Å². The van der Waals surface area contributed by atoms with E-state index in [4.69, 9.17) is 14.2 Å². The lowest BCUT2D eigenvalue weighted by atomic mass is 10.1. The van der Waals surface area contributed by atoms with Crippen molar-refractivity contribution in [2.24, 2.45) is 0 Å². The van der Waals surface area contributed by atoms with Crippen molar-refractivity contribution in [2.75, 3.05) is 17.7 Å². The van der Waals surface area contributed by atoms with Crippen molar-refractivity contribution in [1.29, 1.82) is 0 Å². The van der Waals surface area contributed by atoms with E-state index in [2.05, 4.69) is 17.4 Å². The summed E-state index contributed by atoms with van der Waals surface area (Å²) in [5.74, 6) is 0.873. The Morgan fingerprint density at radius 1 is 1.43 bits per heavy atom. The van der Waals surface area contributed by atoms with Crippen LogP contribution in [0.2, 0.25) is 0 Å². The number of nitrogens with zero attached hydrogens (tertiary/aromatic N) is 3. The van der Waals surface area contributed by atoms with Gasteiger partial charge in [-0.2, -0.15) is 0 Å². The van der Waals surface area contributed by atoms with Gasteiger partial charge in [-0.05, 0) is 38.7 Å². The lowest BCUT2D eigenvalue weighted by molar-refractivity contribution is -0.113. The second-order valence-corrected chi connectivity index (χ2v) is 9.42. The van der Waals surface area contributed by atoms with Crippen molar-refractivity contribution < 1.29 is 14.1 Å². The van der Waals surface area contributed by atoms with Crippen LogP contribution in [-0.2, 0) is 22.5 Å². The zero-order valence-electron chi connectivity index (χ0n) is 17.2. The number of hydrogen-bond acceptors (Lipinski definition) is 8. The number of rotatable bonds is 7. The molecule has 160 valence electrons. The van der Waals surface area contributed by atoms with Crippen LogP contribution in [-0.4, -0.2) is 39.1 Å². The average Bonchev–Trinajstić information content (AvgIpc) is 3.43. The summed E-state index contributed by atoms with van der Waals surface area (Å²) in [5.41, 5.74) is 1.01. The quantitative estimate of drug-likeness (QED) is 0.436. The van der Waals surface area contributed by atoms with Gasteiger partial charge in [0.1, 0.15) is 10.6 Å². The Kier molecular flexibility index (Phi) is 6.26. The van der Waals surface area contributed by atoms with Crippen LogP contribution >= 0.6 is 23.1 Å². The first-order chi connectivity index (χ1) is 14.5. The van der Waals surface area contributed by atoms with Crippen LogP contribution < -0.4 is 10.9 Å². The van der Waals surface area contributed by atoms with Crippen LogP contribution in [0.5, 0.6) is 0 Å². The van der Waals surface area contributed by atoms with Crippen molar-refractivity contribution in [3.63, 3.8) is 0 Å². The normalized spacial score (nSPS) is 16.4. The van der Waals surface area contributed by atoms with Gasteiger partial charge in [0.25, 0.3) is 5.56 Å². The molecule has 4 rings (SSSR count). The molecule has 4 heterocycles. The molecule has 1 aliphatic rings. The van der Waals surface area contributed by atoms with Crippen molar-refractivity contribution in [3.8, 4) is 0 Å². The van der Waals surface area contributed by atoms with E-state index >= 15 is 0 Å². The van der Waals surface area contributed by atoms with Crippen LogP contribution in [0.4, 0.5) is 5.82 Å². The van der Waals surface area contributed by atoms with Crippen LogP contribution in [0.1, 0.15) is 36.0 Å². The van der Waals surface area contributed by atoms with Gasteiger partial charge in [-0.15, -0.1) is 11.3 Å². The third kappa shape index (κ3) is 4.30. The number of anilines is 1. The number of nitrogens with one attached hydrogen (secondary N) is 1. The molecule has 1 fully saturated rings. The molecule has 10 heteroatoms. The molecular formula is C20H24N4O4S2. The second kappa shape index (κ2) is 8.91. The summed E-state index contributed by atoms with van der Waals surface area (Å²) in [6.07, 6.45) is 2.70. The highest BCUT2D eigenvalue weighted by Gasteiger charge is 2.23. The predicted octanol–water partition coefficient (Wildman–Crippen LogP) is 3.54. The second-order valence-electron chi connectivity index (χ2n) is 7.28. The molecule has 0 aliphatic carbocycles. The largest absolute Gasteiger partial charge is 0.376 e. The Morgan fingerprint density at radius 3 is 2.93 bits per heavy atom. The van der Waals surface area contributed by atoms with E-state index in [1.54, 1.807) is 17.6 Å². The highest BCUT2D eigenvalue weighted by atomic mass is 32.2. The minimum Gasteiger partial charge on any atom is -0.376 e. The van der Waals surface area contributed by atoms with Crippen molar-refractivity contribution >= 4 is 45.0 Å². The average molecular weight is 449 g/mol. The smallest absolute Gasteiger partial charge is 0.263 e. The first-order valence-corrected chi connectivity index (χ1v) is 11.8. The highest BCUT2D eigenvalue weighted by molar-refractivity contribution is 7.99. The lowest BCUT2D eigenvalue weighted by Gasteiger charge is -2.16. The first-order valence-electron chi connectivity index (χ1n) is 9.96. The number of thioether (sulfide) groups is 1. The summed E-state index contributed by atoms with van der Waals surface area (Å²) >= 11 is 2.78. The molecule has 1 saturated heterocycles. The summed E-state index contributed by atoms with van der Waals surface area (Å²) in [7, 11) is 0. The third-order valence-electron chi connectivity index (χ3n) is 5.07. The van der Waals surface area contributed by atoms with Crippen molar-refractivity contribution in [2.45, 2.75) is 57.8 Å². The Morgan fingerprint density at radius 2 is 2.27 bits per heavy atom. The standard InChI is InChI=1S/C20H24N4O4S2/c1-4-14-12(3)30-18-17(14)19(26)24(9-13-6-5-7-27-13)20(22-18)29-10-16(25)21-15-8-11(2)28-23-15/h8,13H,4-7,9-10H2,1-3H3,(H,21,23,25). The van der Waals surface area contributed by atoms with Gasteiger partial charge in [0.15, 0.2) is 11.0 Å². The number of fused-ring (bicyclic) bond motifs is 1. The Labute approximate surface area is 182 Å². The molecule has 1 amide bonds. The molecule has 3 aromatic heterocycles. The molecule has 1 aliphatic heterocycles. The number of aryl methyl sites for hydroxylation is 3. The fourth-order valence-electron chi connectivity index (χ4n) is 3.65. The van der Waals surface area contributed by atoms with E-state index in [9.17, 15) is 9.59 Å². The molecular weight excluding hydrogens is 424 g/mol. The Bertz CT molecular complexity index is 1130. The number of carbonyl (C=O) groups excluding carboxylic acids is 1. The molecule has 0 bridgehead atoms. The van der Waals surface area contributed by atoms with Crippen LogP contribution in [0.15, 0.2) is 20.5 Å². The fourth-order valence-corrected chi connectivity index (χ4v) is 5.62. The zero-order valence-corrected chi connectivity index (χ0v) is 18.8. The summed E-state index contributed by atoms with van der Waals surface area (Å²) in [4.78, 5) is 32.4. The molecule has 1 atom stereocenters. The Balaban J connectivity index is 1.62. The molecule has 0 aromatic carbocycles. The van der Waals surface area contributed by atoms with Crippen LogP contribution in [0.25, 0.3) is 10.2 Å². The third-order valence-corrected chi connectivity index (χ3v) is 7.09. The maximum atomic E-state index is 13.4. The van der Waals surface area contributed by atoms with Gasteiger partial charge in [-0.25, -0.2) is 4.98 Å².